The minimum Gasteiger partial charge on any atom is -0.356 e. The second-order valence-corrected chi connectivity index (χ2v) is 8.89. The van der Waals surface area contributed by atoms with E-state index in [1.54, 1.807) is 18.4 Å². The lowest BCUT2D eigenvalue weighted by atomic mass is 10.1. The van der Waals surface area contributed by atoms with Gasteiger partial charge in [0.25, 0.3) is 0 Å². The molecule has 1 rings (SSSR count). The van der Waals surface area contributed by atoms with Gasteiger partial charge in [-0.3, -0.25) is 4.99 Å². The van der Waals surface area contributed by atoms with Gasteiger partial charge < -0.3 is 10.6 Å². The topological polar surface area (TPSA) is 73.8 Å². The fraction of sp³-hybridized carbons (Fsp3) is 0.688. The Kier molecular flexibility index (Phi) is 9.31. The molecule has 0 amide bonds. The van der Waals surface area contributed by atoms with E-state index in [-0.39, 0.29) is 0 Å². The van der Waals surface area contributed by atoms with Gasteiger partial charge in [-0.15, -0.1) is 11.3 Å². The lowest BCUT2D eigenvalue weighted by Crippen LogP contribution is -2.41. The number of rotatable bonds is 10. The Morgan fingerprint density at radius 1 is 1.42 bits per heavy atom. The molecule has 0 aliphatic heterocycles. The van der Waals surface area contributed by atoms with Gasteiger partial charge in [0.15, 0.2) is 5.96 Å². The summed E-state index contributed by atoms with van der Waals surface area (Å²) in [5, 5.41) is 8.66. The zero-order valence-electron chi connectivity index (χ0n) is 15.1. The molecular formula is C16H30N4O2S2. The Bertz CT molecular complexity index is 585. The first-order chi connectivity index (χ1) is 11.4. The molecule has 1 unspecified atom stereocenters. The van der Waals surface area contributed by atoms with Crippen molar-refractivity contribution in [1.29, 1.82) is 0 Å². The molecule has 0 spiro atoms. The van der Waals surface area contributed by atoms with Crippen LogP contribution < -0.4 is 10.6 Å². The van der Waals surface area contributed by atoms with Crippen LogP contribution in [0.2, 0.25) is 0 Å². The Labute approximate surface area is 150 Å². The lowest BCUT2D eigenvalue weighted by molar-refractivity contribution is 0.424. The molecular weight excluding hydrogens is 344 g/mol. The number of sulfonamides is 1. The van der Waals surface area contributed by atoms with Crippen LogP contribution in [0.5, 0.6) is 0 Å². The smallest absolute Gasteiger partial charge is 0.211 e. The second-order valence-electron chi connectivity index (χ2n) is 5.88. The summed E-state index contributed by atoms with van der Waals surface area (Å²) in [5.74, 6) is 1.28. The van der Waals surface area contributed by atoms with Gasteiger partial charge in [-0.2, -0.15) is 0 Å². The van der Waals surface area contributed by atoms with E-state index in [2.05, 4.69) is 40.1 Å². The van der Waals surface area contributed by atoms with E-state index in [4.69, 9.17) is 0 Å². The monoisotopic (exact) mass is 374 g/mol. The quantitative estimate of drug-likeness (QED) is 0.372. The highest BCUT2D eigenvalue weighted by Crippen LogP contribution is 2.13. The molecule has 0 aromatic carbocycles. The highest BCUT2D eigenvalue weighted by atomic mass is 32.2. The summed E-state index contributed by atoms with van der Waals surface area (Å²) in [4.78, 5) is 5.60. The fourth-order valence-electron chi connectivity index (χ4n) is 2.36. The van der Waals surface area contributed by atoms with Crippen molar-refractivity contribution in [2.45, 2.75) is 26.7 Å². The number of hydrogen-bond donors (Lipinski definition) is 2. The molecule has 24 heavy (non-hydrogen) atoms. The van der Waals surface area contributed by atoms with Crippen molar-refractivity contribution >= 4 is 27.3 Å². The van der Waals surface area contributed by atoms with Gasteiger partial charge in [0.1, 0.15) is 0 Å². The largest absolute Gasteiger partial charge is 0.356 e. The molecule has 2 N–H and O–H groups in total. The SMILES string of the molecule is CCN(CCCNC(=NC)NCC(C)Cc1cccs1)S(C)(=O)=O. The molecule has 0 aliphatic carbocycles. The molecule has 0 bridgehead atoms. The molecule has 0 aliphatic rings. The molecule has 138 valence electrons. The zero-order chi connectivity index (χ0) is 18.0. The molecule has 1 aromatic rings. The van der Waals surface area contributed by atoms with Gasteiger partial charge in [-0.05, 0) is 30.2 Å². The molecule has 0 fully saturated rings. The van der Waals surface area contributed by atoms with Crippen molar-refractivity contribution < 1.29 is 8.42 Å². The molecule has 1 atom stereocenters. The normalized spacial score (nSPS) is 14.0. The third-order valence-electron chi connectivity index (χ3n) is 3.67. The number of nitrogens with zero attached hydrogens (tertiary/aromatic N) is 2. The third-order valence-corrected chi connectivity index (χ3v) is 5.95. The molecule has 8 heteroatoms. The van der Waals surface area contributed by atoms with Crippen molar-refractivity contribution in [3.8, 4) is 0 Å². The maximum atomic E-state index is 11.5. The van der Waals surface area contributed by atoms with E-state index in [9.17, 15) is 8.42 Å². The van der Waals surface area contributed by atoms with Crippen molar-refractivity contribution in [3.05, 3.63) is 22.4 Å². The van der Waals surface area contributed by atoms with Crippen molar-refractivity contribution in [1.82, 2.24) is 14.9 Å². The van der Waals surface area contributed by atoms with Crippen molar-refractivity contribution in [2.24, 2.45) is 10.9 Å². The summed E-state index contributed by atoms with van der Waals surface area (Å²) in [6.45, 7) is 6.63. The van der Waals surface area contributed by atoms with Crippen molar-refractivity contribution in [2.75, 3.05) is 39.5 Å². The predicted octanol–water partition coefficient (Wildman–Crippen LogP) is 1.76. The first kappa shape index (κ1) is 20.9. The first-order valence-electron chi connectivity index (χ1n) is 8.28. The van der Waals surface area contributed by atoms with E-state index < -0.39 is 10.0 Å². The van der Waals surface area contributed by atoms with Crippen LogP contribution in [0.25, 0.3) is 0 Å². The summed E-state index contributed by atoms with van der Waals surface area (Å²) in [5.41, 5.74) is 0. The van der Waals surface area contributed by atoms with E-state index in [1.165, 1.54) is 15.4 Å². The first-order valence-corrected chi connectivity index (χ1v) is 11.0. The summed E-state index contributed by atoms with van der Waals surface area (Å²) in [7, 11) is -1.36. The number of thiophene rings is 1. The van der Waals surface area contributed by atoms with E-state index in [0.29, 0.717) is 25.6 Å². The van der Waals surface area contributed by atoms with Gasteiger partial charge >= 0.3 is 0 Å². The maximum Gasteiger partial charge on any atom is 0.211 e. The predicted molar refractivity (Wildman–Crippen MR) is 103 cm³/mol. The highest BCUT2D eigenvalue weighted by molar-refractivity contribution is 7.88. The maximum absolute atomic E-state index is 11.5. The Morgan fingerprint density at radius 2 is 2.17 bits per heavy atom. The zero-order valence-corrected chi connectivity index (χ0v) is 16.7. The highest BCUT2D eigenvalue weighted by Gasteiger charge is 2.13. The summed E-state index contributed by atoms with van der Waals surface area (Å²) < 4.78 is 24.5. The minimum absolute atomic E-state index is 0.506. The average molecular weight is 375 g/mol. The molecule has 0 saturated heterocycles. The second kappa shape index (κ2) is 10.7. The number of guanidine groups is 1. The summed E-state index contributed by atoms with van der Waals surface area (Å²) >= 11 is 1.79. The summed E-state index contributed by atoms with van der Waals surface area (Å²) in [6.07, 6.45) is 3.05. The molecule has 0 saturated carbocycles. The van der Waals surface area contributed by atoms with Gasteiger partial charge in [-0.25, -0.2) is 12.7 Å². The van der Waals surface area contributed by atoms with E-state index in [0.717, 1.165) is 25.3 Å². The van der Waals surface area contributed by atoms with Crippen LogP contribution in [0, 0.1) is 5.92 Å². The minimum atomic E-state index is -3.11. The van der Waals surface area contributed by atoms with Gasteiger partial charge in [0.2, 0.25) is 10.0 Å². The van der Waals surface area contributed by atoms with Gasteiger partial charge in [0.05, 0.1) is 6.26 Å². The Morgan fingerprint density at radius 3 is 2.71 bits per heavy atom. The van der Waals surface area contributed by atoms with Gasteiger partial charge in [-0.1, -0.05) is 19.9 Å². The van der Waals surface area contributed by atoms with E-state index >= 15 is 0 Å². The van der Waals surface area contributed by atoms with Gasteiger partial charge in [0, 0.05) is 38.1 Å². The van der Waals surface area contributed by atoms with Crippen LogP contribution in [-0.4, -0.2) is 58.2 Å². The third kappa shape index (κ3) is 8.12. The summed E-state index contributed by atoms with van der Waals surface area (Å²) in [6, 6.07) is 4.24. The molecule has 1 heterocycles. The Hall–Kier alpha value is -1.12. The van der Waals surface area contributed by atoms with Crippen LogP contribution in [-0.2, 0) is 16.4 Å². The molecule has 1 aromatic heterocycles. The van der Waals surface area contributed by atoms with Crippen LogP contribution in [0.15, 0.2) is 22.5 Å². The van der Waals surface area contributed by atoms with E-state index in [1.807, 2.05) is 6.92 Å². The molecule has 6 nitrogen and oxygen atoms in total. The number of nitrogens with one attached hydrogen (secondary N) is 2. The molecule has 0 radical (unpaired) electrons. The average Bonchev–Trinajstić information content (AvgIpc) is 3.01. The van der Waals surface area contributed by atoms with Crippen molar-refractivity contribution in [3.63, 3.8) is 0 Å². The standard InChI is InChI=1S/C16H30N4O2S2/c1-5-20(24(4,21)22)10-7-9-18-16(17-3)19-13-14(2)12-15-8-6-11-23-15/h6,8,11,14H,5,7,9-10,12-13H2,1-4H3,(H2,17,18,19). The fourth-order valence-corrected chi connectivity index (χ4v) is 4.16. The van der Waals surface area contributed by atoms with Crippen LogP contribution in [0.1, 0.15) is 25.1 Å². The number of aliphatic imine (C=N–C) groups is 1. The number of hydrogen-bond acceptors (Lipinski definition) is 4. The van der Waals surface area contributed by atoms with Crippen LogP contribution in [0.4, 0.5) is 0 Å². The van der Waals surface area contributed by atoms with Crippen LogP contribution in [0.3, 0.4) is 0 Å². The lowest BCUT2D eigenvalue weighted by Gasteiger charge is -2.19. The van der Waals surface area contributed by atoms with Crippen LogP contribution >= 0.6 is 11.3 Å². The Balaban J connectivity index is 2.25.